The van der Waals surface area contributed by atoms with Crippen LogP contribution in [0.4, 0.5) is 34.9 Å². The number of rotatable bonds is 18. The highest BCUT2D eigenvalue weighted by Gasteiger charge is 2.22. The highest BCUT2D eigenvalue weighted by Crippen LogP contribution is 2.42. The first kappa shape index (κ1) is 36.2. The van der Waals surface area contributed by atoms with Crippen LogP contribution in [0.15, 0.2) is 63.7 Å². The predicted molar refractivity (Wildman–Crippen MR) is 185 cm³/mol. The van der Waals surface area contributed by atoms with E-state index in [1.807, 2.05) is 6.92 Å². The van der Waals surface area contributed by atoms with Crippen molar-refractivity contribution in [2.75, 3.05) is 61.9 Å². The summed E-state index contributed by atoms with van der Waals surface area (Å²) >= 11 is 0. The molecule has 0 saturated heterocycles. The van der Waals surface area contributed by atoms with Gasteiger partial charge in [0.05, 0.1) is 12.3 Å². The summed E-state index contributed by atoms with van der Waals surface area (Å²) < 4.78 is 40.1. The van der Waals surface area contributed by atoms with Gasteiger partial charge in [0.15, 0.2) is 5.75 Å². The number of aliphatic hydroxyl groups is 1. The molecular formula is C31H42N10O6S. The first-order valence-corrected chi connectivity index (χ1v) is 17.0. The van der Waals surface area contributed by atoms with E-state index in [4.69, 9.17) is 15.6 Å². The number of phenols is 1. The molecule has 0 saturated carbocycles. The molecule has 1 atom stereocenters. The summed E-state index contributed by atoms with van der Waals surface area (Å²) in [6, 6.07) is 12.2. The number of fused-ring (bicyclic) bond motifs is 1. The van der Waals surface area contributed by atoms with Crippen LogP contribution >= 0.6 is 0 Å². The van der Waals surface area contributed by atoms with Crippen molar-refractivity contribution in [3.8, 4) is 11.5 Å². The van der Waals surface area contributed by atoms with Gasteiger partial charge < -0.3 is 41.5 Å². The lowest BCUT2D eigenvalue weighted by Gasteiger charge is -2.18. The van der Waals surface area contributed by atoms with Crippen LogP contribution in [0, 0.1) is 0 Å². The van der Waals surface area contributed by atoms with Crippen LogP contribution in [-0.2, 0) is 10.1 Å². The van der Waals surface area contributed by atoms with Crippen LogP contribution in [0.3, 0.4) is 0 Å². The number of hydrogen-bond acceptors (Lipinski definition) is 15. The minimum Gasteiger partial charge on any atom is -0.505 e. The Kier molecular flexibility index (Phi) is 12.8. The minimum atomic E-state index is -4.83. The molecule has 8 N–H and O–H groups in total. The SMILES string of the molecule is CCN(CC)CCCNc1nc(NCC(C)N)nc(Nc2ccc3c(O)c(N=Nc4ccc(OCCO)cc4)c(S(=O)(=O)O)cc3c2)n1. The molecule has 3 aromatic carbocycles. The molecule has 0 radical (unpaired) electrons. The lowest BCUT2D eigenvalue weighted by atomic mass is 10.1. The number of aromatic nitrogens is 3. The zero-order chi connectivity index (χ0) is 34.7. The molecule has 1 heterocycles. The second-order valence-corrected chi connectivity index (χ2v) is 12.2. The van der Waals surface area contributed by atoms with Crippen LogP contribution in [0.5, 0.6) is 11.5 Å². The van der Waals surface area contributed by atoms with E-state index in [0.29, 0.717) is 42.1 Å². The number of azo groups is 1. The molecule has 0 aliphatic carbocycles. The van der Waals surface area contributed by atoms with Gasteiger partial charge in [0.2, 0.25) is 17.8 Å². The second-order valence-electron chi connectivity index (χ2n) is 10.8. The van der Waals surface area contributed by atoms with Crippen molar-refractivity contribution >= 4 is 55.8 Å². The minimum absolute atomic E-state index is 0.123. The van der Waals surface area contributed by atoms with E-state index < -0.39 is 26.5 Å². The molecule has 0 fully saturated rings. The highest BCUT2D eigenvalue weighted by molar-refractivity contribution is 7.86. The fourth-order valence-corrected chi connectivity index (χ4v) is 5.27. The third-order valence-corrected chi connectivity index (χ3v) is 7.96. The number of phenolic OH excluding ortho intramolecular Hbond substituents is 1. The topological polar surface area (TPSA) is 233 Å². The van der Waals surface area contributed by atoms with Gasteiger partial charge in [-0.3, -0.25) is 4.55 Å². The smallest absolute Gasteiger partial charge is 0.296 e. The fourth-order valence-electron chi connectivity index (χ4n) is 4.62. The number of aliphatic hydroxyl groups excluding tert-OH is 1. The number of nitrogens with two attached hydrogens (primary N) is 1. The van der Waals surface area contributed by atoms with E-state index in [2.05, 4.69) is 59.9 Å². The zero-order valence-electron chi connectivity index (χ0n) is 27.1. The Balaban J connectivity index is 1.61. The Morgan fingerprint density at radius 1 is 0.979 bits per heavy atom. The summed E-state index contributed by atoms with van der Waals surface area (Å²) in [7, 11) is -4.83. The fraction of sp³-hybridized carbons (Fsp3) is 0.387. The van der Waals surface area contributed by atoms with E-state index in [-0.39, 0.29) is 36.0 Å². The lowest BCUT2D eigenvalue weighted by molar-refractivity contribution is 0.201. The molecule has 0 amide bonds. The van der Waals surface area contributed by atoms with Gasteiger partial charge in [0.25, 0.3) is 10.1 Å². The maximum absolute atomic E-state index is 12.4. The van der Waals surface area contributed by atoms with Gasteiger partial charge >= 0.3 is 0 Å². The maximum Gasteiger partial charge on any atom is 0.296 e. The molecule has 16 nitrogen and oxygen atoms in total. The maximum atomic E-state index is 12.4. The third kappa shape index (κ3) is 10.2. The molecule has 0 aliphatic heterocycles. The molecule has 258 valence electrons. The van der Waals surface area contributed by atoms with Crippen molar-refractivity contribution in [2.45, 2.75) is 38.1 Å². The number of nitrogens with one attached hydrogen (secondary N) is 3. The van der Waals surface area contributed by atoms with Crippen LogP contribution < -0.4 is 26.4 Å². The van der Waals surface area contributed by atoms with Gasteiger partial charge in [-0.05, 0) is 86.9 Å². The third-order valence-electron chi connectivity index (χ3n) is 7.09. The zero-order valence-corrected chi connectivity index (χ0v) is 27.9. The Morgan fingerprint density at radius 3 is 2.31 bits per heavy atom. The Bertz CT molecular complexity index is 1800. The molecule has 0 bridgehead atoms. The Labute approximate surface area is 279 Å². The Morgan fingerprint density at radius 2 is 1.67 bits per heavy atom. The van der Waals surface area contributed by atoms with Crippen molar-refractivity contribution < 1.29 is 27.9 Å². The summed E-state index contributed by atoms with van der Waals surface area (Å²) in [4.78, 5) is 15.1. The van der Waals surface area contributed by atoms with Gasteiger partial charge in [-0.1, -0.05) is 13.8 Å². The van der Waals surface area contributed by atoms with Gasteiger partial charge in [0.1, 0.15) is 22.9 Å². The molecule has 0 aliphatic rings. The monoisotopic (exact) mass is 682 g/mol. The summed E-state index contributed by atoms with van der Waals surface area (Å²) in [5, 5.41) is 38.0. The average Bonchev–Trinajstić information content (AvgIpc) is 3.06. The average molecular weight is 683 g/mol. The molecule has 1 unspecified atom stereocenters. The molecule has 1 aromatic heterocycles. The Hall–Kier alpha value is -4.68. The second kappa shape index (κ2) is 16.9. The standard InChI is InChI=1S/C31H42N10O6S/c1-4-41(5-2)14-6-13-33-29-36-30(34-19-20(3)32)38-31(37-29)35-23-9-12-25-21(17-23)18-26(48(44,45)46)27(28(25)43)40-39-22-7-10-24(11-8-22)47-16-15-42/h7-12,17-18,20,42-43H,4-6,13-16,19,32H2,1-3H3,(H,44,45,46)(H3,33,34,35,36,37,38). The van der Waals surface area contributed by atoms with Gasteiger partial charge in [-0.25, -0.2) is 0 Å². The largest absolute Gasteiger partial charge is 0.505 e. The molecule has 0 spiro atoms. The molecule has 4 aromatic rings. The van der Waals surface area contributed by atoms with Gasteiger partial charge in [0, 0.05) is 30.2 Å². The number of ether oxygens (including phenoxy) is 1. The van der Waals surface area contributed by atoms with E-state index in [9.17, 15) is 18.1 Å². The van der Waals surface area contributed by atoms with Crippen molar-refractivity contribution in [3.63, 3.8) is 0 Å². The molecule has 48 heavy (non-hydrogen) atoms. The number of hydrogen-bond donors (Lipinski definition) is 7. The van der Waals surface area contributed by atoms with E-state index >= 15 is 0 Å². The first-order chi connectivity index (χ1) is 23.0. The summed E-state index contributed by atoms with van der Waals surface area (Å²) in [6.07, 6.45) is 0.886. The summed E-state index contributed by atoms with van der Waals surface area (Å²) in [5.41, 5.74) is 6.28. The van der Waals surface area contributed by atoms with Crippen LogP contribution in [0.25, 0.3) is 10.8 Å². The van der Waals surface area contributed by atoms with Crippen molar-refractivity contribution in [3.05, 3.63) is 48.5 Å². The summed E-state index contributed by atoms with van der Waals surface area (Å²) in [5.74, 6) is 0.879. The quantitative estimate of drug-likeness (QED) is 0.0438. The van der Waals surface area contributed by atoms with Crippen LogP contribution in [0.1, 0.15) is 27.2 Å². The van der Waals surface area contributed by atoms with Gasteiger partial charge in [-0.2, -0.15) is 28.5 Å². The normalized spacial score (nSPS) is 12.5. The van der Waals surface area contributed by atoms with E-state index in [1.54, 1.807) is 42.5 Å². The van der Waals surface area contributed by atoms with E-state index in [1.165, 1.54) is 6.07 Å². The van der Waals surface area contributed by atoms with Crippen molar-refractivity contribution in [2.24, 2.45) is 16.0 Å². The van der Waals surface area contributed by atoms with Crippen LogP contribution in [-0.4, -0.2) is 95.0 Å². The number of anilines is 4. The predicted octanol–water partition coefficient (Wildman–Crippen LogP) is 4.41. The number of aromatic hydroxyl groups is 1. The van der Waals surface area contributed by atoms with E-state index in [0.717, 1.165) is 26.1 Å². The van der Waals surface area contributed by atoms with Gasteiger partial charge in [-0.15, -0.1) is 5.11 Å². The highest BCUT2D eigenvalue weighted by atomic mass is 32.2. The molecular weight excluding hydrogens is 640 g/mol. The van der Waals surface area contributed by atoms with Crippen LogP contribution in [0.2, 0.25) is 0 Å². The molecule has 4 rings (SSSR count). The van der Waals surface area contributed by atoms with Crippen molar-refractivity contribution in [1.82, 2.24) is 19.9 Å². The molecule has 17 heteroatoms. The number of benzene rings is 3. The first-order valence-electron chi connectivity index (χ1n) is 15.5. The number of nitrogens with zero attached hydrogens (tertiary/aromatic N) is 6. The summed E-state index contributed by atoms with van der Waals surface area (Å²) in [6.45, 7) is 10.0. The lowest BCUT2D eigenvalue weighted by Crippen LogP contribution is -2.26. The van der Waals surface area contributed by atoms with Crippen molar-refractivity contribution in [1.29, 1.82) is 0 Å².